The maximum atomic E-state index is 12.2. The summed E-state index contributed by atoms with van der Waals surface area (Å²) in [5.41, 5.74) is 7.40. The van der Waals surface area contributed by atoms with E-state index in [1.54, 1.807) is 6.07 Å². The van der Waals surface area contributed by atoms with Gasteiger partial charge in [0.15, 0.2) is 0 Å². The van der Waals surface area contributed by atoms with Gasteiger partial charge in [0.2, 0.25) is 6.35 Å². The van der Waals surface area contributed by atoms with Crippen LogP contribution in [0.15, 0.2) is 30.2 Å². The summed E-state index contributed by atoms with van der Waals surface area (Å²) in [5.74, 6) is -0.338. The molecule has 0 spiro atoms. The Morgan fingerprint density at radius 2 is 2.13 bits per heavy atom. The summed E-state index contributed by atoms with van der Waals surface area (Å²) in [7, 11) is 2.11. The van der Waals surface area contributed by atoms with E-state index in [9.17, 15) is 4.79 Å². The van der Waals surface area contributed by atoms with Gasteiger partial charge in [-0.2, -0.15) is 0 Å². The van der Waals surface area contributed by atoms with Crippen molar-refractivity contribution in [2.24, 2.45) is 5.73 Å². The number of anilines is 2. The predicted octanol–water partition coefficient (Wildman–Crippen LogP) is 0.734. The van der Waals surface area contributed by atoms with Gasteiger partial charge in [0.1, 0.15) is 12.0 Å². The Kier molecular flexibility index (Phi) is 4.61. The van der Waals surface area contributed by atoms with Gasteiger partial charge in [-0.15, -0.1) is 0 Å². The predicted molar refractivity (Wildman–Crippen MR) is 90.1 cm³/mol. The van der Waals surface area contributed by atoms with Crippen molar-refractivity contribution < 1.29 is 9.53 Å². The molecular weight excluding hydrogens is 318 g/mol. The molecule has 3 rings (SSSR count). The first kappa shape index (κ1) is 15.9. The Labute approximate surface area is 140 Å². The zero-order valence-electron chi connectivity index (χ0n) is 12.9. The van der Waals surface area contributed by atoms with Crippen LogP contribution in [-0.4, -0.2) is 50.4 Å². The van der Waals surface area contributed by atoms with Crippen LogP contribution in [0.2, 0.25) is 5.02 Å². The number of nitrogens with one attached hydrogen (secondary N) is 2. The second-order valence-corrected chi connectivity index (χ2v) is 6.05. The molecule has 124 valence electrons. The molecule has 0 saturated carbocycles. The number of ether oxygens (including phenoxy) is 1. The van der Waals surface area contributed by atoms with Crippen molar-refractivity contribution in [2.45, 2.75) is 6.35 Å². The summed E-state index contributed by atoms with van der Waals surface area (Å²) in [6, 6.07) is 5.65. The van der Waals surface area contributed by atoms with E-state index < -0.39 is 6.35 Å². The van der Waals surface area contributed by atoms with Gasteiger partial charge in [0, 0.05) is 31.9 Å². The molecular formula is C15H20ClN5O2. The number of likely N-dealkylation sites (N-methyl/N-ethyl adjacent to an activating group) is 1. The van der Waals surface area contributed by atoms with Crippen molar-refractivity contribution in [1.29, 1.82) is 0 Å². The van der Waals surface area contributed by atoms with Crippen molar-refractivity contribution in [3.8, 4) is 0 Å². The van der Waals surface area contributed by atoms with E-state index in [1.807, 2.05) is 12.1 Å². The van der Waals surface area contributed by atoms with Crippen molar-refractivity contribution in [3.05, 3.63) is 35.2 Å². The van der Waals surface area contributed by atoms with Gasteiger partial charge in [0.25, 0.3) is 5.91 Å². The fourth-order valence-electron chi connectivity index (χ4n) is 2.54. The number of halogens is 1. The van der Waals surface area contributed by atoms with Gasteiger partial charge >= 0.3 is 0 Å². The molecule has 1 aromatic carbocycles. The molecule has 0 aliphatic carbocycles. The van der Waals surface area contributed by atoms with Crippen LogP contribution in [0.25, 0.3) is 0 Å². The Morgan fingerprint density at radius 3 is 2.78 bits per heavy atom. The summed E-state index contributed by atoms with van der Waals surface area (Å²) in [5, 5.41) is 5.99. The Morgan fingerprint density at radius 1 is 1.39 bits per heavy atom. The lowest BCUT2D eigenvalue weighted by Crippen LogP contribution is -2.44. The van der Waals surface area contributed by atoms with Crippen molar-refractivity contribution >= 4 is 28.9 Å². The molecule has 2 aliphatic heterocycles. The number of hydrogen-bond donors (Lipinski definition) is 3. The van der Waals surface area contributed by atoms with E-state index in [2.05, 4.69) is 27.5 Å². The first-order valence-electron chi connectivity index (χ1n) is 7.45. The molecule has 1 fully saturated rings. The number of amides is 1. The Bertz CT molecular complexity index is 628. The lowest BCUT2D eigenvalue weighted by Gasteiger charge is -2.34. The topological polar surface area (TPSA) is 82.9 Å². The monoisotopic (exact) mass is 337 g/mol. The highest BCUT2D eigenvalue weighted by molar-refractivity contribution is 6.34. The van der Waals surface area contributed by atoms with Gasteiger partial charge in [0.05, 0.1) is 10.7 Å². The zero-order valence-corrected chi connectivity index (χ0v) is 13.6. The molecule has 1 atom stereocenters. The minimum absolute atomic E-state index is 0.276. The smallest absolute Gasteiger partial charge is 0.275 e. The summed E-state index contributed by atoms with van der Waals surface area (Å²) in [6.07, 6.45) is 0.612. The van der Waals surface area contributed by atoms with Crippen LogP contribution >= 0.6 is 11.6 Å². The summed E-state index contributed by atoms with van der Waals surface area (Å²) in [4.78, 5) is 16.8. The van der Waals surface area contributed by atoms with Crippen LogP contribution < -0.4 is 21.3 Å². The highest BCUT2D eigenvalue weighted by Gasteiger charge is 2.21. The van der Waals surface area contributed by atoms with Gasteiger partial charge in [-0.05, 0) is 25.2 Å². The number of hydrogen-bond acceptors (Lipinski definition) is 6. The standard InChI is InChI=1S/C15H20ClN5O2/c1-20-4-6-21(7-5-20)10-2-3-11(16)12(8-10)18-14(22)13-9-23-15(17)19-13/h2-3,8-9,15,19H,4-7,17H2,1H3,(H,18,22). The number of benzene rings is 1. The Hall–Kier alpha value is -1.96. The van der Waals surface area contributed by atoms with Gasteiger partial charge in [-0.1, -0.05) is 11.6 Å². The summed E-state index contributed by atoms with van der Waals surface area (Å²) >= 11 is 6.20. The van der Waals surface area contributed by atoms with E-state index in [4.69, 9.17) is 22.1 Å². The second kappa shape index (κ2) is 6.66. The number of carbonyl (C=O) groups excluding carboxylic acids is 1. The highest BCUT2D eigenvalue weighted by Crippen LogP contribution is 2.28. The molecule has 1 amide bonds. The average Bonchev–Trinajstić information content (AvgIpc) is 2.97. The first-order chi connectivity index (χ1) is 11.0. The SMILES string of the molecule is CN1CCN(c2ccc(Cl)c(NC(=O)C3=COC(N)N3)c2)CC1. The molecule has 0 bridgehead atoms. The van der Waals surface area contributed by atoms with Crippen molar-refractivity contribution in [1.82, 2.24) is 10.2 Å². The molecule has 7 nitrogen and oxygen atoms in total. The molecule has 1 saturated heterocycles. The first-order valence-corrected chi connectivity index (χ1v) is 7.83. The average molecular weight is 338 g/mol. The van der Waals surface area contributed by atoms with E-state index in [-0.39, 0.29) is 11.6 Å². The van der Waals surface area contributed by atoms with Crippen LogP contribution in [0.1, 0.15) is 0 Å². The van der Waals surface area contributed by atoms with E-state index in [0.717, 1.165) is 31.9 Å². The normalized spacial score (nSPS) is 21.4. The van der Waals surface area contributed by atoms with E-state index >= 15 is 0 Å². The van der Waals surface area contributed by atoms with Gasteiger partial charge < -0.3 is 25.2 Å². The molecule has 2 aliphatic rings. The number of nitrogens with two attached hydrogens (primary N) is 1. The molecule has 23 heavy (non-hydrogen) atoms. The Balaban J connectivity index is 1.72. The van der Waals surface area contributed by atoms with E-state index in [1.165, 1.54) is 6.26 Å². The number of piperazine rings is 1. The minimum Gasteiger partial charge on any atom is -0.463 e. The van der Waals surface area contributed by atoms with Crippen LogP contribution in [0.3, 0.4) is 0 Å². The third kappa shape index (κ3) is 3.69. The van der Waals surface area contributed by atoms with Gasteiger partial charge in [-0.25, -0.2) is 0 Å². The van der Waals surface area contributed by atoms with Crippen molar-refractivity contribution in [3.63, 3.8) is 0 Å². The molecule has 2 heterocycles. The maximum absolute atomic E-state index is 12.2. The second-order valence-electron chi connectivity index (χ2n) is 5.64. The van der Waals surface area contributed by atoms with Crippen LogP contribution in [0, 0.1) is 0 Å². The van der Waals surface area contributed by atoms with Crippen molar-refractivity contribution in [2.75, 3.05) is 43.4 Å². The molecule has 1 aromatic rings. The van der Waals surface area contributed by atoms with Crippen LogP contribution in [-0.2, 0) is 9.53 Å². The molecule has 4 N–H and O–H groups in total. The zero-order chi connectivity index (χ0) is 16.4. The number of nitrogens with zero attached hydrogens (tertiary/aromatic N) is 2. The lowest BCUT2D eigenvalue weighted by molar-refractivity contribution is -0.113. The van der Waals surface area contributed by atoms with Crippen LogP contribution in [0.5, 0.6) is 0 Å². The summed E-state index contributed by atoms with van der Waals surface area (Å²) < 4.78 is 4.98. The highest BCUT2D eigenvalue weighted by atomic mass is 35.5. The largest absolute Gasteiger partial charge is 0.463 e. The number of rotatable bonds is 3. The minimum atomic E-state index is -0.692. The number of carbonyl (C=O) groups is 1. The molecule has 8 heteroatoms. The maximum Gasteiger partial charge on any atom is 0.275 e. The third-order valence-electron chi connectivity index (χ3n) is 3.94. The van der Waals surface area contributed by atoms with E-state index in [0.29, 0.717) is 10.7 Å². The molecule has 1 unspecified atom stereocenters. The lowest BCUT2D eigenvalue weighted by atomic mass is 10.2. The quantitative estimate of drug-likeness (QED) is 0.754. The third-order valence-corrected chi connectivity index (χ3v) is 4.27. The summed E-state index contributed by atoms with van der Waals surface area (Å²) in [6.45, 7) is 3.91. The molecule has 0 radical (unpaired) electrons. The van der Waals surface area contributed by atoms with Gasteiger partial charge in [-0.3, -0.25) is 10.5 Å². The molecule has 0 aromatic heterocycles. The van der Waals surface area contributed by atoms with Crippen LogP contribution in [0.4, 0.5) is 11.4 Å². The fraction of sp³-hybridized carbons (Fsp3) is 0.400. The fourth-order valence-corrected chi connectivity index (χ4v) is 2.71.